The molecule has 0 radical (unpaired) electrons. The molecule has 0 aliphatic carbocycles. The van der Waals surface area contributed by atoms with Crippen LogP contribution < -0.4 is 5.32 Å². The van der Waals surface area contributed by atoms with Crippen molar-refractivity contribution >= 4 is 33.9 Å². The second-order valence-corrected chi connectivity index (χ2v) is 5.96. The number of aliphatic hydroxyl groups is 1. The van der Waals surface area contributed by atoms with Crippen LogP contribution in [0.1, 0.15) is 17.5 Å². The molecule has 0 fully saturated rings. The highest BCUT2D eigenvalue weighted by molar-refractivity contribution is 6.50. The number of rotatable bonds is 5. The number of hydrogen-bond acceptors (Lipinski definition) is 3. The summed E-state index contributed by atoms with van der Waals surface area (Å²) in [4.78, 5) is 27.8. The Morgan fingerprint density at radius 2 is 1.84 bits per heavy atom. The van der Waals surface area contributed by atoms with Gasteiger partial charge in [-0.3, -0.25) is 14.9 Å². The van der Waals surface area contributed by atoms with Gasteiger partial charge in [-0.1, -0.05) is 18.2 Å². The molecule has 6 nitrogen and oxygen atoms in total. The average Bonchev–Trinajstić information content (AvgIpc) is 3.31. The minimum absolute atomic E-state index is 0.0953. The Bertz CT molecular complexity index is 996. The zero-order valence-corrected chi connectivity index (χ0v) is 13.5. The summed E-state index contributed by atoms with van der Waals surface area (Å²) in [5.74, 6) is -0.766. The fourth-order valence-corrected chi connectivity index (χ4v) is 3.34. The van der Waals surface area contributed by atoms with Gasteiger partial charge in [-0.2, -0.15) is 0 Å². The summed E-state index contributed by atoms with van der Waals surface area (Å²) in [6.07, 6.45) is 5.94. The third-order valence-electron chi connectivity index (χ3n) is 4.43. The van der Waals surface area contributed by atoms with Gasteiger partial charge in [0.2, 0.25) is 0 Å². The number of aromatic nitrogens is 2. The summed E-state index contributed by atoms with van der Waals surface area (Å²) < 4.78 is 2.01. The number of aryl methyl sites for hydroxylation is 1. The summed E-state index contributed by atoms with van der Waals surface area (Å²) in [6.45, 7) is 0.734. The Morgan fingerprint density at radius 1 is 1.04 bits per heavy atom. The number of nitrogens with one attached hydrogen (secondary N) is 2. The molecule has 3 heterocycles. The molecule has 25 heavy (non-hydrogen) atoms. The van der Waals surface area contributed by atoms with Crippen LogP contribution in [0.3, 0.4) is 0 Å². The highest BCUT2D eigenvalue weighted by atomic mass is 16.3. The van der Waals surface area contributed by atoms with E-state index < -0.39 is 0 Å². The molecule has 1 aliphatic rings. The van der Waals surface area contributed by atoms with Crippen LogP contribution in [0.5, 0.6) is 0 Å². The van der Waals surface area contributed by atoms with Crippen LogP contribution in [-0.4, -0.2) is 33.1 Å². The molecular formula is C19H17N3O3. The third kappa shape index (κ3) is 2.47. The molecule has 0 atom stereocenters. The van der Waals surface area contributed by atoms with Crippen molar-refractivity contribution in [2.75, 3.05) is 6.61 Å². The van der Waals surface area contributed by atoms with E-state index in [2.05, 4.69) is 10.3 Å². The Balaban J connectivity index is 1.96. The molecular weight excluding hydrogens is 318 g/mol. The lowest BCUT2D eigenvalue weighted by atomic mass is 9.97. The number of benzene rings is 1. The molecule has 2 amide bonds. The van der Waals surface area contributed by atoms with Crippen LogP contribution in [0.4, 0.5) is 0 Å². The maximum Gasteiger partial charge on any atom is 0.259 e. The lowest BCUT2D eigenvalue weighted by Gasteiger charge is -2.02. The lowest BCUT2D eigenvalue weighted by Crippen LogP contribution is -2.22. The largest absolute Gasteiger partial charge is 0.396 e. The number of hydrogen-bond donors (Lipinski definition) is 3. The Kier molecular flexibility index (Phi) is 3.74. The van der Waals surface area contributed by atoms with E-state index >= 15 is 0 Å². The third-order valence-corrected chi connectivity index (χ3v) is 4.43. The summed E-state index contributed by atoms with van der Waals surface area (Å²) in [5.41, 5.74) is 3.16. The van der Waals surface area contributed by atoms with Crippen LogP contribution in [0.2, 0.25) is 0 Å². The van der Waals surface area contributed by atoms with Crippen molar-refractivity contribution in [3.05, 3.63) is 60.0 Å². The monoisotopic (exact) mass is 335 g/mol. The van der Waals surface area contributed by atoms with Gasteiger partial charge in [0.25, 0.3) is 11.8 Å². The van der Waals surface area contributed by atoms with Crippen LogP contribution in [0, 0.1) is 0 Å². The van der Waals surface area contributed by atoms with E-state index in [1.165, 1.54) is 0 Å². The minimum Gasteiger partial charge on any atom is -0.396 e. The van der Waals surface area contributed by atoms with Gasteiger partial charge in [-0.15, -0.1) is 0 Å². The lowest BCUT2D eigenvalue weighted by molar-refractivity contribution is -0.122. The van der Waals surface area contributed by atoms with Gasteiger partial charge >= 0.3 is 0 Å². The van der Waals surface area contributed by atoms with Crippen LogP contribution in [0.25, 0.3) is 22.0 Å². The zero-order valence-electron chi connectivity index (χ0n) is 13.5. The van der Waals surface area contributed by atoms with Crippen molar-refractivity contribution in [1.82, 2.24) is 14.9 Å². The number of fused-ring (bicyclic) bond motifs is 1. The topological polar surface area (TPSA) is 87.1 Å². The number of H-pyrrole nitrogens is 1. The van der Waals surface area contributed by atoms with E-state index in [1.54, 1.807) is 18.5 Å². The van der Waals surface area contributed by atoms with Crippen molar-refractivity contribution in [2.24, 2.45) is 0 Å². The normalized spacial score (nSPS) is 14.6. The number of nitrogens with zero attached hydrogens (tertiary/aromatic N) is 1. The fraction of sp³-hybridized carbons (Fsp3) is 0.158. The summed E-state index contributed by atoms with van der Waals surface area (Å²) in [5, 5.41) is 12.4. The Morgan fingerprint density at radius 3 is 2.60 bits per heavy atom. The van der Waals surface area contributed by atoms with E-state index in [0.29, 0.717) is 29.7 Å². The predicted molar refractivity (Wildman–Crippen MR) is 94.4 cm³/mol. The smallest absolute Gasteiger partial charge is 0.259 e. The summed E-state index contributed by atoms with van der Waals surface area (Å²) in [7, 11) is 0. The summed E-state index contributed by atoms with van der Waals surface area (Å²) in [6, 6.07) is 9.54. The standard InChI is InChI=1S/C19H17N3O3/c23-9-3-8-22-11-14(13-4-1-2-5-15(13)22)17-16(12-6-7-20-10-12)18(24)21-19(17)25/h1-2,4-7,10-11,20,23H,3,8-9H2,(H,21,24,25). The molecule has 4 rings (SSSR count). The van der Waals surface area contributed by atoms with Gasteiger partial charge in [0, 0.05) is 53.8 Å². The van der Waals surface area contributed by atoms with E-state index in [0.717, 1.165) is 16.5 Å². The fourth-order valence-electron chi connectivity index (χ4n) is 3.34. The quantitative estimate of drug-likeness (QED) is 0.623. The molecule has 0 bridgehead atoms. The first kappa shape index (κ1) is 15.4. The van der Waals surface area contributed by atoms with Crippen LogP contribution >= 0.6 is 0 Å². The predicted octanol–water partition coefficient (Wildman–Crippen LogP) is 1.92. The molecule has 0 spiro atoms. The van der Waals surface area contributed by atoms with Crippen LogP contribution in [0.15, 0.2) is 48.9 Å². The molecule has 0 unspecified atom stereocenters. The molecule has 0 saturated carbocycles. The van der Waals surface area contributed by atoms with E-state index in [1.807, 2.05) is 35.0 Å². The highest BCUT2D eigenvalue weighted by Gasteiger charge is 2.33. The SMILES string of the molecule is O=C1NC(=O)C(c2cn(CCCO)c3ccccc23)=C1c1cc[nH]c1. The van der Waals surface area contributed by atoms with E-state index in [4.69, 9.17) is 5.11 Å². The number of imide groups is 1. The molecule has 6 heteroatoms. The molecule has 0 saturated heterocycles. The maximum absolute atomic E-state index is 12.5. The number of carbonyl (C=O) groups excluding carboxylic acids is 2. The van der Waals surface area contributed by atoms with Gasteiger partial charge in [0.05, 0.1) is 11.1 Å². The Labute approximate surface area is 143 Å². The first-order valence-electron chi connectivity index (χ1n) is 8.13. The number of carbonyl (C=O) groups is 2. The maximum atomic E-state index is 12.5. The molecule has 1 aliphatic heterocycles. The van der Waals surface area contributed by atoms with Gasteiger partial charge < -0.3 is 14.7 Å². The highest BCUT2D eigenvalue weighted by Crippen LogP contribution is 2.35. The van der Waals surface area contributed by atoms with Crippen molar-refractivity contribution in [2.45, 2.75) is 13.0 Å². The second-order valence-electron chi connectivity index (χ2n) is 5.96. The van der Waals surface area contributed by atoms with Gasteiger partial charge in [-0.05, 0) is 18.6 Å². The van der Waals surface area contributed by atoms with Crippen molar-refractivity contribution in [1.29, 1.82) is 0 Å². The van der Waals surface area contributed by atoms with Crippen LogP contribution in [-0.2, 0) is 16.1 Å². The number of amides is 2. The van der Waals surface area contributed by atoms with Crippen molar-refractivity contribution in [3.8, 4) is 0 Å². The van der Waals surface area contributed by atoms with E-state index in [9.17, 15) is 9.59 Å². The number of aliphatic hydroxyl groups excluding tert-OH is 1. The zero-order chi connectivity index (χ0) is 17.4. The van der Waals surface area contributed by atoms with Gasteiger partial charge in [0.1, 0.15) is 0 Å². The van der Waals surface area contributed by atoms with Gasteiger partial charge in [0.15, 0.2) is 0 Å². The average molecular weight is 335 g/mol. The number of aromatic amines is 1. The Hall–Kier alpha value is -3.12. The second kappa shape index (κ2) is 6.07. The van der Waals surface area contributed by atoms with Gasteiger partial charge in [-0.25, -0.2) is 0 Å². The summed E-state index contributed by atoms with van der Waals surface area (Å²) >= 11 is 0. The minimum atomic E-state index is -0.383. The molecule has 1 aromatic carbocycles. The first-order valence-corrected chi connectivity index (χ1v) is 8.13. The van der Waals surface area contributed by atoms with Crippen molar-refractivity contribution in [3.63, 3.8) is 0 Å². The van der Waals surface area contributed by atoms with E-state index in [-0.39, 0.29) is 18.4 Å². The molecule has 3 N–H and O–H groups in total. The van der Waals surface area contributed by atoms with Crippen molar-refractivity contribution < 1.29 is 14.7 Å². The molecule has 3 aromatic rings. The first-order chi connectivity index (χ1) is 12.2. The molecule has 2 aromatic heterocycles. The number of para-hydroxylation sites is 1. The molecule has 126 valence electrons.